The fourth-order valence-corrected chi connectivity index (χ4v) is 14.9. The van der Waals surface area contributed by atoms with Crippen molar-refractivity contribution in [2.75, 3.05) is 0 Å². The lowest BCUT2D eigenvalue weighted by Crippen LogP contribution is -1.76. The Morgan fingerprint density at radius 1 is 0.500 bits per heavy atom. The van der Waals surface area contributed by atoms with Gasteiger partial charge in [0, 0.05) is 27.3 Å². The predicted molar refractivity (Wildman–Crippen MR) is 182 cm³/mol. The second kappa shape index (κ2) is 8.80. The van der Waals surface area contributed by atoms with Crippen LogP contribution in [-0.2, 0) is 0 Å². The van der Waals surface area contributed by atoms with Crippen molar-refractivity contribution in [2.45, 2.75) is 13.8 Å². The minimum Gasteiger partial charge on any atom is -0.133 e. The number of hydrogen-bond acceptors (Lipinski definition) is 4. The summed E-state index contributed by atoms with van der Waals surface area (Å²) in [7, 11) is 0. The first kappa shape index (κ1) is 23.3. The number of fused-ring (bicyclic) bond motifs is 3. The Labute approximate surface area is 256 Å². The van der Waals surface area contributed by atoms with Gasteiger partial charge in [0.1, 0.15) is 0 Å². The largest absolute Gasteiger partial charge is 0.133 e. The summed E-state index contributed by atoms with van der Waals surface area (Å²) in [5.41, 5.74) is 2.66. The number of rotatable bonds is 2. The molecule has 0 spiro atoms. The number of benzene rings is 2. The second-order valence-electron chi connectivity index (χ2n) is 7.64. The quantitative estimate of drug-likeness (QED) is 0.152. The van der Waals surface area contributed by atoms with Gasteiger partial charge in [-0.05, 0) is 127 Å². The van der Waals surface area contributed by atoms with E-state index in [-0.39, 0.29) is 0 Å². The highest BCUT2D eigenvalue weighted by Crippen LogP contribution is 2.54. The van der Waals surface area contributed by atoms with Crippen LogP contribution in [0.4, 0.5) is 0 Å². The van der Waals surface area contributed by atoms with Gasteiger partial charge < -0.3 is 0 Å². The standard InChI is InChI=1S/C24H12I4S4/c1-9-3-5-11-13(7-9)29-19(15(11)25)21-17(27)23-24(31-21)18(28)22(32-23)20-16(26)12-6-4-10(2)8-14(12)30-20/h3-8H,1-2H3. The predicted octanol–water partition coefficient (Wildman–Crippen LogP) is 11.8. The summed E-state index contributed by atoms with van der Waals surface area (Å²) in [5, 5.41) is 2.77. The SMILES string of the molecule is Cc1ccc2c(I)c(-c3sc4c(I)c(-c5sc6cc(C)ccc6c5I)sc4c3I)sc2c1. The van der Waals surface area contributed by atoms with Gasteiger partial charge in [0.05, 0.1) is 36.0 Å². The van der Waals surface area contributed by atoms with Crippen molar-refractivity contribution >= 4 is 165 Å². The van der Waals surface area contributed by atoms with Crippen molar-refractivity contribution in [3.63, 3.8) is 0 Å². The van der Waals surface area contributed by atoms with Crippen LogP contribution in [-0.4, -0.2) is 0 Å². The third-order valence-electron chi connectivity index (χ3n) is 5.39. The van der Waals surface area contributed by atoms with Crippen LogP contribution in [0.25, 0.3) is 49.1 Å². The molecule has 8 heteroatoms. The molecule has 0 unspecified atom stereocenters. The zero-order valence-corrected chi connectivity index (χ0v) is 28.5. The summed E-state index contributed by atoms with van der Waals surface area (Å²) >= 11 is 18.1. The second-order valence-corrected chi connectivity index (χ2v) is 16.1. The summed E-state index contributed by atoms with van der Waals surface area (Å²) in [5.74, 6) is 0. The molecule has 0 saturated heterocycles. The van der Waals surface area contributed by atoms with E-state index in [4.69, 9.17) is 0 Å². The molecule has 4 aromatic heterocycles. The van der Waals surface area contributed by atoms with Gasteiger partial charge in [-0.15, -0.1) is 45.3 Å². The van der Waals surface area contributed by atoms with Gasteiger partial charge in [0.15, 0.2) is 0 Å². The van der Waals surface area contributed by atoms with E-state index in [0.717, 1.165) is 0 Å². The van der Waals surface area contributed by atoms with Crippen LogP contribution in [0.2, 0.25) is 0 Å². The highest BCUT2D eigenvalue weighted by atomic mass is 127. The average molecular weight is 936 g/mol. The first-order chi connectivity index (χ1) is 15.3. The molecular formula is C24H12I4S4. The zero-order chi connectivity index (χ0) is 22.3. The van der Waals surface area contributed by atoms with Crippen LogP contribution in [0.1, 0.15) is 11.1 Å². The molecule has 0 aliphatic carbocycles. The van der Waals surface area contributed by atoms with Crippen LogP contribution in [0.15, 0.2) is 36.4 Å². The molecule has 0 amide bonds. The number of thiophene rings is 4. The van der Waals surface area contributed by atoms with Crippen LogP contribution in [0, 0.1) is 28.1 Å². The molecule has 4 heterocycles. The Morgan fingerprint density at radius 3 is 1.28 bits per heavy atom. The lowest BCUT2D eigenvalue weighted by Gasteiger charge is -1.98. The monoisotopic (exact) mass is 936 g/mol. The molecule has 0 bridgehead atoms. The third kappa shape index (κ3) is 3.67. The maximum absolute atomic E-state index is 2.58. The molecule has 6 aromatic rings. The van der Waals surface area contributed by atoms with Crippen molar-refractivity contribution in [3.8, 4) is 19.5 Å². The number of aryl methyl sites for hydroxylation is 2. The third-order valence-corrected chi connectivity index (χ3v) is 17.2. The molecule has 160 valence electrons. The molecule has 0 nitrogen and oxygen atoms in total. The molecule has 0 N–H and O–H groups in total. The van der Waals surface area contributed by atoms with Gasteiger partial charge >= 0.3 is 0 Å². The van der Waals surface area contributed by atoms with Crippen LogP contribution >= 0.6 is 136 Å². The van der Waals surface area contributed by atoms with E-state index < -0.39 is 0 Å². The molecule has 32 heavy (non-hydrogen) atoms. The van der Waals surface area contributed by atoms with Crippen molar-refractivity contribution in [3.05, 3.63) is 61.8 Å². The highest BCUT2D eigenvalue weighted by molar-refractivity contribution is 14.1. The Kier molecular flexibility index (Phi) is 6.42. The summed E-state index contributed by atoms with van der Waals surface area (Å²) in [6, 6.07) is 13.7. The van der Waals surface area contributed by atoms with Crippen molar-refractivity contribution in [1.82, 2.24) is 0 Å². The average Bonchev–Trinajstić information content (AvgIpc) is 3.45. The molecular weight excluding hydrogens is 924 g/mol. The van der Waals surface area contributed by atoms with E-state index in [2.05, 4.69) is 141 Å². The zero-order valence-electron chi connectivity index (χ0n) is 16.6. The molecule has 0 aliphatic heterocycles. The van der Waals surface area contributed by atoms with Gasteiger partial charge in [-0.1, -0.05) is 24.3 Å². The topological polar surface area (TPSA) is 0 Å². The number of hydrogen-bond donors (Lipinski definition) is 0. The molecule has 0 fully saturated rings. The van der Waals surface area contributed by atoms with Crippen molar-refractivity contribution in [1.29, 1.82) is 0 Å². The van der Waals surface area contributed by atoms with Crippen LogP contribution in [0.5, 0.6) is 0 Å². The Morgan fingerprint density at radius 2 is 0.875 bits per heavy atom. The van der Waals surface area contributed by atoms with E-state index in [0.29, 0.717) is 0 Å². The molecule has 0 atom stereocenters. The number of halogens is 4. The normalized spacial score (nSPS) is 12.1. The van der Waals surface area contributed by atoms with E-state index >= 15 is 0 Å². The minimum atomic E-state index is 1.33. The van der Waals surface area contributed by atoms with Crippen LogP contribution in [0.3, 0.4) is 0 Å². The van der Waals surface area contributed by atoms with E-state index in [1.54, 1.807) is 0 Å². The van der Waals surface area contributed by atoms with Crippen molar-refractivity contribution in [2.24, 2.45) is 0 Å². The smallest absolute Gasteiger partial charge is 0.0609 e. The maximum atomic E-state index is 2.58. The molecule has 0 saturated carbocycles. The van der Waals surface area contributed by atoms with Gasteiger partial charge in [-0.25, -0.2) is 0 Å². The first-order valence-electron chi connectivity index (χ1n) is 9.61. The molecule has 6 rings (SSSR count). The molecule has 0 radical (unpaired) electrons. The van der Waals surface area contributed by atoms with E-state index in [1.807, 2.05) is 45.3 Å². The summed E-state index contributed by atoms with van der Waals surface area (Å²) in [6.07, 6.45) is 0. The van der Waals surface area contributed by atoms with Gasteiger partial charge in [-0.2, -0.15) is 0 Å². The summed E-state index contributed by atoms with van der Waals surface area (Å²) in [6.45, 7) is 4.36. The Hall–Kier alpha value is 0.940. The Balaban J connectivity index is 1.54. The first-order valence-corrected chi connectivity index (χ1v) is 17.2. The lowest BCUT2D eigenvalue weighted by molar-refractivity contribution is 1.52. The lowest BCUT2D eigenvalue weighted by atomic mass is 10.2. The minimum absolute atomic E-state index is 1.33. The van der Waals surface area contributed by atoms with Gasteiger partial charge in [-0.3, -0.25) is 0 Å². The van der Waals surface area contributed by atoms with Gasteiger partial charge in [0.2, 0.25) is 0 Å². The maximum Gasteiger partial charge on any atom is 0.0609 e. The fraction of sp³-hybridized carbons (Fsp3) is 0.0833. The van der Waals surface area contributed by atoms with Crippen LogP contribution < -0.4 is 0 Å². The molecule has 2 aromatic carbocycles. The summed E-state index contributed by atoms with van der Waals surface area (Å²) < 4.78 is 11.3. The van der Waals surface area contributed by atoms with Gasteiger partial charge in [0.25, 0.3) is 0 Å². The highest BCUT2D eigenvalue weighted by Gasteiger charge is 2.25. The summed E-state index contributed by atoms with van der Waals surface area (Å²) in [4.78, 5) is 5.71. The Bertz CT molecular complexity index is 1570. The fourth-order valence-electron chi connectivity index (χ4n) is 3.81. The van der Waals surface area contributed by atoms with E-state index in [9.17, 15) is 0 Å². The van der Waals surface area contributed by atoms with E-state index in [1.165, 1.54) is 74.5 Å². The van der Waals surface area contributed by atoms with Crippen molar-refractivity contribution < 1.29 is 0 Å². The molecule has 0 aliphatic rings.